The van der Waals surface area contributed by atoms with Crippen molar-refractivity contribution in [3.05, 3.63) is 29.8 Å². The molecule has 2 aliphatic rings. The van der Waals surface area contributed by atoms with Gasteiger partial charge in [0.2, 0.25) is 0 Å². The molecule has 1 aromatic carbocycles. The fourth-order valence-corrected chi connectivity index (χ4v) is 4.21. The lowest BCUT2D eigenvalue weighted by atomic mass is 9.94. The molecule has 1 N–H and O–H groups in total. The highest BCUT2D eigenvalue weighted by molar-refractivity contribution is 5.33. The van der Waals surface area contributed by atoms with Gasteiger partial charge < -0.3 is 19.5 Å². The van der Waals surface area contributed by atoms with Crippen LogP contribution >= 0.6 is 0 Å². The highest BCUT2D eigenvalue weighted by Gasteiger charge is 2.20. The molecule has 1 aliphatic carbocycles. The first kappa shape index (κ1) is 20.6. The monoisotopic (exact) mass is 376 g/mol. The Morgan fingerprint density at radius 2 is 1.96 bits per heavy atom. The van der Waals surface area contributed by atoms with E-state index in [4.69, 9.17) is 9.47 Å². The molecule has 152 valence electrons. The molecule has 5 heteroatoms. The Hall–Kier alpha value is -1.14. The molecule has 5 nitrogen and oxygen atoms in total. The lowest BCUT2D eigenvalue weighted by Crippen LogP contribution is -2.40. The first-order valence-corrected chi connectivity index (χ1v) is 10.6. The van der Waals surface area contributed by atoms with Gasteiger partial charge in [0.05, 0.1) is 6.61 Å². The number of aliphatic hydroxyl groups excluding tert-OH is 1. The van der Waals surface area contributed by atoms with Gasteiger partial charge in [0.25, 0.3) is 0 Å². The molecule has 1 aliphatic heterocycles. The maximum absolute atomic E-state index is 10.5. The van der Waals surface area contributed by atoms with Gasteiger partial charge in [-0.05, 0) is 32.4 Å². The van der Waals surface area contributed by atoms with Crippen molar-refractivity contribution in [3.63, 3.8) is 0 Å². The van der Waals surface area contributed by atoms with Crippen LogP contribution in [0.2, 0.25) is 0 Å². The largest absolute Gasteiger partial charge is 0.491 e. The van der Waals surface area contributed by atoms with Gasteiger partial charge in [-0.3, -0.25) is 4.90 Å². The van der Waals surface area contributed by atoms with Crippen molar-refractivity contribution in [2.75, 3.05) is 46.5 Å². The van der Waals surface area contributed by atoms with Crippen molar-refractivity contribution >= 4 is 0 Å². The predicted octanol–water partition coefficient (Wildman–Crippen LogP) is 2.91. The molecule has 0 bridgehead atoms. The summed E-state index contributed by atoms with van der Waals surface area (Å²) in [5, 5.41) is 10.5. The third-order valence-corrected chi connectivity index (χ3v) is 5.81. The minimum absolute atomic E-state index is 0.344. The van der Waals surface area contributed by atoms with E-state index in [9.17, 15) is 5.11 Å². The molecule has 27 heavy (non-hydrogen) atoms. The zero-order valence-electron chi connectivity index (χ0n) is 16.8. The SMILES string of the molecule is CN(C[C@@H](O)COc1ccccc1CN1CCCOCC1)C1CCCCC1. The molecule has 0 amide bonds. The Kier molecular flexibility index (Phi) is 8.39. The van der Waals surface area contributed by atoms with Crippen LogP contribution in [-0.4, -0.2) is 73.6 Å². The van der Waals surface area contributed by atoms with Crippen molar-refractivity contribution in [1.29, 1.82) is 0 Å². The molecular weight excluding hydrogens is 340 g/mol. The predicted molar refractivity (Wildman–Crippen MR) is 108 cm³/mol. The highest BCUT2D eigenvalue weighted by atomic mass is 16.5. The standard InChI is InChI=1S/C22H36N2O3/c1-23(20-9-3-2-4-10-20)17-21(25)18-27-22-11-6-5-8-19(22)16-24-12-7-14-26-15-13-24/h5-6,8,11,20-21,25H,2-4,7,9-10,12-18H2,1H3/t21-/m1/s1. The van der Waals surface area contributed by atoms with Gasteiger partial charge >= 0.3 is 0 Å². The number of para-hydroxylation sites is 1. The Balaban J connectivity index is 1.48. The number of ether oxygens (including phenoxy) is 2. The van der Waals surface area contributed by atoms with Crippen molar-refractivity contribution < 1.29 is 14.6 Å². The molecule has 1 heterocycles. The van der Waals surface area contributed by atoms with Gasteiger partial charge in [0, 0.05) is 44.4 Å². The maximum atomic E-state index is 10.5. The molecule has 0 unspecified atom stereocenters. The van der Waals surface area contributed by atoms with Crippen molar-refractivity contribution in [3.8, 4) is 5.75 Å². The van der Waals surface area contributed by atoms with E-state index in [1.165, 1.54) is 37.7 Å². The molecule has 0 radical (unpaired) electrons. The van der Waals surface area contributed by atoms with Crippen LogP contribution < -0.4 is 4.74 Å². The van der Waals surface area contributed by atoms with E-state index in [1.807, 2.05) is 12.1 Å². The third-order valence-electron chi connectivity index (χ3n) is 5.81. The van der Waals surface area contributed by atoms with Crippen LogP contribution in [0.1, 0.15) is 44.1 Å². The zero-order chi connectivity index (χ0) is 18.9. The summed E-state index contributed by atoms with van der Waals surface area (Å²) in [6, 6.07) is 8.82. The molecule has 2 fully saturated rings. The summed E-state index contributed by atoms with van der Waals surface area (Å²) in [7, 11) is 2.13. The van der Waals surface area contributed by atoms with Crippen LogP contribution in [-0.2, 0) is 11.3 Å². The summed E-state index contributed by atoms with van der Waals surface area (Å²) in [5.41, 5.74) is 1.19. The van der Waals surface area contributed by atoms with Gasteiger partial charge in [0.15, 0.2) is 0 Å². The van der Waals surface area contributed by atoms with E-state index in [-0.39, 0.29) is 0 Å². The number of hydrogen-bond donors (Lipinski definition) is 1. The Labute approximate surface area is 164 Å². The fraction of sp³-hybridized carbons (Fsp3) is 0.727. The van der Waals surface area contributed by atoms with Crippen molar-refractivity contribution in [1.82, 2.24) is 9.80 Å². The Morgan fingerprint density at radius 1 is 1.15 bits per heavy atom. The van der Waals surface area contributed by atoms with Crippen LogP contribution in [0.15, 0.2) is 24.3 Å². The van der Waals surface area contributed by atoms with Gasteiger partial charge in [-0.2, -0.15) is 0 Å². The van der Waals surface area contributed by atoms with Gasteiger partial charge in [-0.15, -0.1) is 0 Å². The van der Waals surface area contributed by atoms with Crippen LogP contribution in [0.5, 0.6) is 5.75 Å². The topological polar surface area (TPSA) is 45.2 Å². The van der Waals surface area contributed by atoms with E-state index in [1.54, 1.807) is 0 Å². The number of rotatable bonds is 8. The average Bonchev–Trinajstić information content (AvgIpc) is 2.97. The van der Waals surface area contributed by atoms with E-state index in [0.717, 1.165) is 45.0 Å². The summed E-state index contributed by atoms with van der Waals surface area (Å²) in [6.45, 7) is 5.57. The van der Waals surface area contributed by atoms with Gasteiger partial charge in [-0.1, -0.05) is 37.5 Å². The highest BCUT2D eigenvalue weighted by Crippen LogP contribution is 2.23. The second-order valence-electron chi connectivity index (χ2n) is 8.05. The van der Waals surface area contributed by atoms with Gasteiger partial charge in [0.1, 0.15) is 18.5 Å². The fourth-order valence-electron chi connectivity index (χ4n) is 4.21. The molecule has 3 rings (SSSR count). The maximum Gasteiger partial charge on any atom is 0.123 e. The summed E-state index contributed by atoms with van der Waals surface area (Å²) in [4.78, 5) is 4.73. The van der Waals surface area contributed by atoms with Crippen LogP contribution in [0.25, 0.3) is 0 Å². The minimum atomic E-state index is -0.462. The molecule has 0 aromatic heterocycles. The molecule has 0 spiro atoms. The average molecular weight is 377 g/mol. The number of likely N-dealkylation sites (N-methyl/N-ethyl adjacent to an activating group) is 1. The Bertz CT molecular complexity index is 540. The summed E-state index contributed by atoms with van der Waals surface area (Å²) in [5.74, 6) is 0.891. The van der Waals surface area contributed by atoms with E-state index >= 15 is 0 Å². The minimum Gasteiger partial charge on any atom is -0.491 e. The first-order chi connectivity index (χ1) is 13.2. The van der Waals surface area contributed by atoms with Crippen LogP contribution in [0, 0.1) is 0 Å². The van der Waals surface area contributed by atoms with Gasteiger partial charge in [-0.25, -0.2) is 0 Å². The molecule has 1 saturated carbocycles. The molecular formula is C22H36N2O3. The number of benzene rings is 1. The lowest BCUT2D eigenvalue weighted by molar-refractivity contribution is 0.0556. The Morgan fingerprint density at radius 3 is 2.81 bits per heavy atom. The second-order valence-corrected chi connectivity index (χ2v) is 8.05. The molecule has 1 saturated heterocycles. The summed E-state index contributed by atoms with van der Waals surface area (Å²) in [6.07, 6.45) is 7.12. The normalized spacial score (nSPS) is 21.1. The van der Waals surface area contributed by atoms with E-state index in [2.05, 4.69) is 29.0 Å². The van der Waals surface area contributed by atoms with Crippen molar-refractivity contribution in [2.45, 2.75) is 57.2 Å². The first-order valence-electron chi connectivity index (χ1n) is 10.6. The number of hydrogen-bond acceptors (Lipinski definition) is 5. The molecule has 1 atom stereocenters. The third kappa shape index (κ3) is 6.75. The van der Waals surface area contributed by atoms with E-state index in [0.29, 0.717) is 19.2 Å². The van der Waals surface area contributed by atoms with Crippen LogP contribution in [0.4, 0.5) is 0 Å². The number of nitrogens with zero attached hydrogens (tertiary/aromatic N) is 2. The summed E-state index contributed by atoms with van der Waals surface area (Å²) < 4.78 is 11.6. The van der Waals surface area contributed by atoms with Crippen molar-refractivity contribution in [2.24, 2.45) is 0 Å². The zero-order valence-corrected chi connectivity index (χ0v) is 16.8. The van der Waals surface area contributed by atoms with E-state index < -0.39 is 6.10 Å². The lowest BCUT2D eigenvalue weighted by Gasteiger charge is -2.32. The summed E-state index contributed by atoms with van der Waals surface area (Å²) >= 11 is 0. The molecule has 1 aromatic rings. The van der Waals surface area contributed by atoms with Crippen LogP contribution in [0.3, 0.4) is 0 Å². The number of aliphatic hydroxyl groups is 1. The second kappa shape index (κ2) is 11.0. The quantitative estimate of drug-likeness (QED) is 0.756. The smallest absolute Gasteiger partial charge is 0.123 e.